The molecule has 0 aromatic rings. The molecule has 0 rings (SSSR count). The molecule has 6 N–H and O–H groups in total. The Hall–Kier alpha value is -1.84. The molecule has 0 aliphatic carbocycles. The van der Waals surface area contributed by atoms with Gasteiger partial charge in [0.15, 0.2) is 0 Å². The first kappa shape index (κ1) is 48.2. The van der Waals surface area contributed by atoms with E-state index < -0.39 is 38.6 Å². The molecule has 0 fully saturated rings. The number of phosphoric acid groups is 1. The minimum atomic E-state index is -4.41. The summed E-state index contributed by atoms with van der Waals surface area (Å²) >= 11 is 0. The highest BCUT2D eigenvalue weighted by atomic mass is 31.2. The van der Waals surface area contributed by atoms with Crippen molar-refractivity contribution in [3.63, 3.8) is 0 Å². The molecule has 4 unspecified atom stereocenters. The lowest BCUT2D eigenvalue weighted by Gasteiger charge is -2.24. The van der Waals surface area contributed by atoms with Gasteiger partial charge in [-0.25, -0.2) is 4.57 Å². The molecule has 0 aromatic carbocycles. The Kier molecular flexibility index (Phi) is 34.2. The molecule has 0 aliphatic rings. The van der Waals surface area contributed by atoms with Crippen molar-refractivity contribution < 1.29 is 33.5 Å². The van der Waals surface area contributed by atoms with Gasteiger partial charge in [-0.1, -0.05) is 132 Å². The Labute approximate surface area is 305 Å². The van der Waals surface area contributed by atoms with Gasteiger partial charge in [-0.05, 0) is 70.6 Å². The van der Waals surface area contributed by atoms with E-state index in [1.54, 1.807) is 6.08 Å². The van der Waals surface area contributed by atoms with Crippen molar-refractivity contribution >= 4 is 13.7 Å². The van der Waals surface area contributed by atoms with E-state index in [9.17, 15) is 24.5 Å². The number of hydrogen-bond donors (Lipinski definition) is 5. The highest BCUT2D eigenvalue weighted by Crippen LogP contribution is 2.43. The van der Waals surface area contributed by atoms with Crippen LogP contribution in [0.5, 0.6) is 0 Å². The summed E-state index contributed by atoms with van der Waals surface area (Å²) in [6.07, 6.45) is 40.2. The summed E-state index contributed by atoms with van der Waals surface area (Å²) in [5.41, 5.74) is 5.34. The molecule has 10 heteroatoms. The zero-order chi connectivity index (χ0) is 37.0. The predicted octanol–water partition coefficient (Wildman–Crippen LogP) is 9.30. The molecular weight excluding hydrogens is 651 g/mol. The fraction of sp³-hybridized carbons (Fsp3) is 0.725. The van der Waals surface area contributed by atoms with Crippen molar-refractivity contribution in [1.29, 1.82) is 0 Å². The number of amides is 1. The van der Waals surface area contributed by atoms with Crippen LogP contribution in [0.1, 0.15) is 149 Å². The van der Waals surface area contributed by atoms with Crippen LogP contribution in [0.25, 0.3) is 0 Å². The van der Waals surface area contributed by atoms with E-state index in [1.807, 2.05) is 6.08 Å². The van der Waals surface area contributed by atoms with Crippen LogP contribution in [-0.2, 0) is 18.4 Å². The smallest absolute Gasteiger partial charge is 0.393 e. The third-order valence-electron chi connectivity index (χ3n) is 8.13. The first-order valence-corrected chi connectivity index (χ1v) is 21.0. The number of phosphoric ester groups is 1. The number of unbranched alkanes of at least 4 members (excludes halogenated alkanes) is 14. The van der Waals surface area contributed by atoms with E-state index in [1.165, 1.54) is 51.4 Å². The molecule has 0 saturated heterocycles. The zero-order valence-electron chi connectivity index (χ0n) is 31.5. The summed E-state index contributed by atoms with van der Waals surface area (Å²) in [4.78, 5) is 22.6. The molecule has 1 amide bonds. The largest absolute Gasteiger partial charge is 0.472 e. The lowest BCUT2D eigenvalue weighted by atomic mass is 10.0. The summed E-state index contributed by atoms with van der Waals surface area (Å²) in [6.45, 7) is 3.85. The number of hydrogen-bond acceptors (Lipinski definition) is 7. The highest BCUT2D eigenvalue weighted by Gasteiger charge is 2.27. The number of nitrogens with two attached hydrogens (primary N) is 1. The quantitative estimate of drug-likeness (QED) is 0.0188. The molecule has 9 nitrogen and oxygen atoms in total. The SMILES string of the molecule is CCCCC/C=C\C=C/CCCCCCC(O)CC(=O)NC(COP(=O)(O)OCCN)C(O)/C=C/CC/C=C/CC/C=C/CCCCCCC. The van der Waals surface area contributed by atoms with Gasteiger partial charge in [0.1, 0.15) is 0 Å². The summed E-state index contributed by atoms with van der Waals surface area (Å²) in [5, 5.41) is 23.9. The van der Waals surface area contributed by atoms with Crippen LogP contribution in [-0.4, -0.2) is 59.0 Å². The minimum absolute atomic E-state index is 0.0373. The molecule has 0 aliphatic heterocycles. The van der Waals surface area contributed by atoms with Crippen LogP contribution < -0.4 is 11.1 Å². The maximum absolute atomic E-state index is 12.7. The predicted molar refractivity (Wildman–Crippen MR) is 209 cm³/mol. The normalized spacial score (nSPS) is 15.6. The third kappa shape index (κ3) is 33.3. The van der Waals surface area contributed by atoms with Crippen molar-refractivity contribution in [1.82, 2.24) is 5.32 Å². The minimum Gasteiger partial charge on any atom is -0.393 e. The highest BCUT2D eigenvalue weighted by molar-refractivity contribution is 7.47. The second kappa shape index (κ2) is 35.6. The number of carbonyl (C=O) groups is 1. The summed E-state index contributed by atoms with van der Waals surface area (Å²) in [6, 6.07) is -1.01. The van der Waals surface area contributed by atoms with Gasteiger partial charge in [-0.3, -0.25) is 13.8 Å². The Bertz CT molecular complexity index is 983. The maximum Gasteiger partial charge on any atom is 0.472 e. The van der Waals surface area contributed by atoms with E-state index in [0.29, 0.717) is 12.8 Å². The standard InChI is InChI=1S/C40H73N2O7P/c1-3-5-7-9-11-13-15-17-18-20-22-24-26-28-30-32-39(44)38(36-49-50(46,47)48-34-33-41)42-40(45)35-37(43)31-29-27-25-23-21-19-16-14-12-10-8-6-4-2/h12,14-17,19,22,24,30,32,37-39,43-44H,3-11,13,18,20-21,23,25-29,31,33-36,41H2,1-2H3,(H,42,45)(H,46,47)/b14-12-,17-15+,19-16-,24-22+,32-30+. The van der Waals surface area contributed by atoms with E-state index in [0.717, 1.165) is 64.2 Å². The van der Waals surface area contributed by atoms with Crippen LogP contribution in [0.4, 0.5) is 0 Å². The van der Waals surface area contributed by atoms with Gasteiger partial charge in [0.2, 0.25) is 5.91 Å². The van der Waals surface area contributed by atoms with E-state index in [4.69, 9.17) is 14.8 Å². The first-order chi connectivity index (χ1) is 24.3. The van der Waals surface area contributed by atoms with Crippen LogP contribution in [0.2, 0.25) is 0 Å². The van der Waals surface area contributed by atoms with Gasteiger partial charge in [-0.15, -0.1) is 0 Å². The van der Waals surface area contributed by atoms with Crippen molar-refractivity contribution in [3.05, 3.63) is 60.8 Å². The van der Waals surface area contributed by atoms with Gasteiger partial charge < -0.3 is 26.2 Å². The first-order valence-electron chi connectivity index (χ1n) is 19.5. The van der Waals surface area contributed by atoms with Gasteiger partial charge in [-0.2, -0.15) is 0 Å². The average Bonchev–Trinajstić information content (AvgIpc) is 3.09. The van der Waals surface area contributed by atoms with E-state index in [-0.39, 0.29) is 19.6 Å². The van der Waals surface area contributed by atoms with Crippen molar-refractivity contribution in [3.8, 4) is 0 Å². The molecule has 0 saturated carbocycles. The van der Waals surface area contributed by atoms with Crippen molar-refractivity contribution in [2.75, 3.05) is 19.8 Å². The molecule has 0 heterocycles. The molecule has 0 bridgehead atoms. The Morgan fingerprint density at radius 1 is 0.700 bits per heavy atom. The van der Waals surface area contributed by atoms with Crippen LogP contribution in [0, 0.1) is 0 Å². The van der Waals surface area contributed by atoms with Crippen molar-refractivity contribution in [2.24, 2.45) is 5.73 Å². The molecule has 290 valence electrons. The average molecular weight is 725 g/mol. The van der Waals surface area contributed by atoms with Crippen LogP contribution in [0.15, 0.2) is 60.8 Å². The molecule has 50 heavy (non-hydrogen) atoms. The number of allylic oxidation sites excluding steroid dienone is 9. The fourth-order valence-corrected chi connectivity index (χ4v) is 5.90. The van der Waals surface area contributed by atoms with Gasteiger partial charge >= 0.3 is 7.82 Å². The van der Waals surface area contributed by atoms with Crippen molar-refractivity contribution in [2.45, 2.75) is 167 Å². The van der Waals surface area contributed by atoms with Crippen LogP contribution >= 0.6 is 7.82 Å². The number of nitrogens with one attached hydrogen (secondary N) is 1. The van der Waals surface area contributed by atoms with E-state index >= 15 is 0 Å². The fourth-order valence-electron chi connectivity index (χ4n) is 5.14. The van der Waals surface area contributed by atoms with E-state index in [2.05, 4.69) is 67.8 Å². The zero-order valence-corrected chi connectivity index (χ0v) is 32.4. The molecule has 0 aromatic heterocycles. The summed E-state index contributed by atoms with van der Waals surface area (Å²) in [7, 11) is -4.41. The third-order valence-corrected chi connectivity index (χ3v) is 9.11. The van der Waals surface area contributed by atoms with Gasteiger partial charge in [0.25, 0.3) is 0 Å². The second-order valence-corrected chi connectivity index (χ2v) is 14.4. The Morgan fingerprint density at radius 3 is 1.80 bits per heavy atom. The Balaban J connectivity index is 4.55. The Morgan fingerprint density at radius 2 is 1.20 bits per heavy atom. The molecular formula is C40H73N2O7P. The lowest BCUT2D eigenvalue weighted by Crippen LogP contribution is -2.46. The molecule has 0 spiro atoms. The van der Waals surface area contributed by atoms with Gasteiger partial charge in [0.05, 0.1) is 37.9 Å². The summed E-state index contributed by atoms with van der Waals surface area (Å²) < 4.78 is 22.0. The lowest BCUT2D eigenvalue weighted by molar-refractivity contribution is -0.124. The van der Waals surface area contributed by atoms with Crippen LogP contribution in [0.3, 0.4) is 0 Å². The topological polar surface area (TPSA) is 151 Å². The number of aliphatic hydroxyl groups excluding tert-OH is 2. The maximum atomic E-state index is 12.7. The second-order valence-electron chi connectivity index (χ2n) is 13.0. The monoisotopic (exact) mass is 725 g/mol. The number of rotatable bonds is 35. The number of carbonyl (C=O) groups excluding carboxylic acids is 1. The molecule has 4 atom stereocenters. The van der Waals surface area contributed by atoms with Gasteiger partial charge in [0, 0.05) is 6.54 Å². The molecule has 0 radical (unpaired) electrons. The number of aliphatic hydroxyl groups is 2. The summed E-state index contributed by atoms with van der Waals surface area (Å²) in [5.74, 6) is -0.476.